The fourth-order valence-corrected chi connectivity index (χ4v) is 1.10. The lowest BCUT2D eigenvalue weighted by Gasteiger charge is -1.95. The number of nitrogens with zero attached hydrogens (tertiary/aromatic N) is 2. The molecule has 0 spiro atoms. The van der Waals surface area contributed by atoms with Crippen LogP contribution in [-0.4, -0.2) is 0 Å². The molecule has 1 heterocycles. The van der Waals surface area contributed by atoms with E-state index in [0.29, 0.717) is 0 Å². The van der Waals surface area contributed by atoms with Gasteiger partial charge < -0.3 is 17.0 Å². The summed E-state index contributed by atoms with van der Waals surface area (Å²) in [5, 5.41) is 8.75. The molecule has 70 valence electrons. The van der Waals surface area contributed by atoms with Gasteiger partial charge in [0.2, 0.25) is 0 Å². The van der Waals surface area contributed by atoms with Crippen molar-refractivity contribution in [3.05, 3.63) is 30.1 Å². The topological polar surface area (TPSA) is 27.7 Å². The third-order valence-corrected chi connectivity index (χ3v) is 1.81. The third kappa shape index (κ3) is 3.56. The maximum absolute atomic E-state index is 8.75. The van der Waals surface area contributed by atoms with Crippen LogP contribution >= 0.6 is 0 Å². The summed E-state index contributed by atoms with van der Waals surface area (Å²) in [6, 6.07) is 7.86. The average molecular weight is 241 g/mol. The molecule has 2 nitrogen and oxygen atoms in total. The van der Waals surface area contributed by atoms with Crippen molar-refractivity contribution in [3.63, 3.8) is 0 Å². The van der Waals surface area contributed by atoms with Gasteiger partial charge in [-0.3, -0.25) is 0 Å². The summed E-state index contributed by atoms with van der Waals surface area (Å²) < 4.78 is 1.99. The zero-order chi connectivity index (χ0) is 8.81. The summed E-state index contributed by atoms with van der Waals surface area (Å²) >= 11 is 0. The molecule has 0 aliphatic heterocycles. The van der Waals surface area contributed by atoms with Crippen LogP contribution in [0, 0.1) is 11.3 Å². The number of aryl methyl sites for hydroxylation is 1. The molecule has 1 aromatic rings. The van der Waals surface area contributed by atoms with Gasteiger partial charge in [-0.1, -0.05) is 13.3 Å². The van der Waals surface area contributed by atoms with E-state index >= 15 is 0 Å². The first kappa shape index (κ1) is 12.1. The van der Waals surface area contributed by atoms with E-state index in [1.807, 2.05) is 29.0 Å². The standard InChI is InChI=1S/C10H13N2.BrH/c1-2-3-7-12-8-5-4-6-10(12)9-11;/h4-6,8H,2-3,7H2,1H3;1H/q+1;/p-1. The summed E-state index contributed by atoms with van der Waals surface area (Å²) in [5.41, 5.74) is 0.742. The minimum absolute atomic E-state index is 0. The van der Waals surface area contributed by atoms with Crippen molar-refractivity contribution in [2.24, 2.45) is 0 Å². The highest BCUT2D eigenvalue weighted by Crippen LogP contribution is 1.91. The van der Waals surface area contributed by atoms with E-state index in [1.165, 1.54) is 0 Å². The van der Waals surface area contributed by atoms with E-state index in [4.69, 9.17) is 5.26 Å². The van der Waals surface area contributed by atoms with Crippen molar-refractivity contribution >= 4 is 0 Å². The maximum atomic E-state index is 8.75. The van der Waals surface area contributed by atoms with Crippen molar-refractivity contribution in [2.45, 2.75) is 26.3 Å². The molecule has 1 rings (SSSR count). The van der Waals surface area contributed by atoms with Crippen LogP contribution in [0.15, 0.2) is 24.4 Å². The Morgan fingerprint density at radius 2 is 2.23 bits per heavy atom. The lowest BCUT2D eigenvalue weighted by Crippen LogP contribution is -3.00. The van der Waals surface area contributed by atoms with Crippen molar-refractivity contribution in [2.75, 3.05) is 0 Å². The molecule has 0 aromatic carbocycles. The van der Waals surface area contributed by atoms with Gasteiger partial charge in [0, 0.05) is 18.6 Å². The first-order valence-electron chi connectivity index (χ1n) is 4.27. The summed E-state index contributed by atoms with van der Waals surface area (Å²) in [6.07, 6.45) is 4.24. The molecule has 0 atom stereocenters. The Morgan fingerprint density at radius 1 is 1.46 bits per heavy atom. The first-order chi connectivity index (χ1) is 5.88. The second kappa shape index (κ2) is 6.62. The number of hydrogen-bond acceptors (Lipinski definition) is 1. The summed E-state index contributed by atoms with van der Waals surface area (Å²) in [6.45, 7) is 3.09. The molecule has 0 saturated heterocycles. The molecule has 0 saturated carbocycles. The Morgan fingerprint density at radius 3 is 2.85 bits per heavy atom. The second-order valence-corrected chi connectivity index (χ2v) is 2.74. The number of unbranched alkanes of at least 4 members (excludes halogenated alkanes) is 1. The number of rotatable bonds is 3. The van der Waals surface area contributed by atoms with Gasteiger partial charge in [0.05, 0.1) is 0 Å². The van der Waals surface area contributed by atoms with Gasteiger partial charge in [-0.2, -0.15) is 9.83 Å². The van der Waals surface area contributed by atoms with Crippen LogP contribution in [0.25, 0.3) is 0 Å². The SMILES string of the molecule is CCCC[n+]1ccccc1C#N.[Br-]. The number of hydrogen-bond donors (Lipinski definition) is 0. The Balaban J connectivity index is 0.00000144. The van der Waals surface area contributed by atoms with Crippen molar-refractivity contribution in [1.29, 1.82) is 5.26 Å². The third-order valence-electron chi connectivity index (χ3n) is 1.81. The molecule has 3 heteroatoms. The minimum atomic E-state index is 0. The predicted octanol–water partition coefficient (Wildman–Crippen LogP) is -1.35. The van der Waals surface area contributed by atoms with Crippen LogP contribution in [0.4, 0.5) is 0 Å². The molecule has 0 unspecified atom stereocenters. The molecular formula is C10H13BrN2. The highest BCUT2D eigenvalue weighted by atomic mass is 79.9. The number of aromatic nitrogens is 1. The van der Waals surface area contributed by atoms with Gasteiger partial charge in [-0.05, 0) is 6.07 Å². The lowest BCUT2D eigenvalue weighted by atomic mass is 10.3. The van der Waals surface area contributed by atoms with Gasteiger partial charge in [0.15, 0.2) is 12.3 Å². The van der Waals surface area contributed by atoms with Crippen molar-refractivity contribution in [1.82, 2.24) is 0 Å². The van der Waals surface area contributed by atoms with Crippen LogP contribution in [0.2, 0.25) is 0 Å². The predicted molar refractivity (Wildman–Crippen MR) is 46.3 cm³/mol. The van der Waals surface area contributed by atoms with Crippen molar-refractivity contribution in [3.8, 4) is 6.07 Å². The van der Waals surface area contributed by atoms with Crippen LogP contribution in [-0.2, 0) is 6.54 Å². The Bertz CT molecular complexity index is 291. The molecule has 0 aliphatic rings. The van der Waals surface area contributed by atoms with E-state index in [0.717, 1.165) is 25.1 Å². The molecule has 0 N–H and O–H groups in total. The number of nitriles is 1. The van der Waals surface area contributed by atoms with E-state index in [-0.39, 0.29) is 17.0 Å². The first-order valence-corrected chi connectivity index (χ1v) is 4.27. The minimum Gasteiger partial charge on any atom is -1.00 e. The van der Waals surface area contributed by atoms with Crippen molar-refractivity contribution < 1.29 is 21.5 Å². The zero-order valence-electron chi connectivity index (χ0n) is 7.70. The Hall–Kier alpha value is -0.880. The fourth-order valence-electron chi connectivity index (χ4n) is 1.10. The summed E-state index contributed by atoms with van der Waals surface area (Å²) in [4.78, 5) is 0. The average Bonchev–Trinajstić information content (AvgIpc) is 2.15. The highest BCUT2D eigenvalue weighted by molar-refractivity contribution is 5.12. The van der Waals surface area contributed by atoms with Gasteiger partial charge in [-0.15, -0.1) is 0 Å². The molecule has 0 bridgehead atoms. The molecule has 0 radical (unpaired) electrons. The Labute approximate surface area is 89.6 Å². The Kier molecular flexibility index (Phi) is 6.17. The number of pyridine rings is 1. The van der Waals surface area contributed by atoms with Gasteiger partial charge in [0.1, 0.15) is 6.54 Å². The normalized spacial score (nSPS) is 8.62. The second-order valence-electron chi connectivity index (χ2n) is 2.74. The molecule has 0 aliphatic carbocycles. The molecule has 13 heavy (non-hydrogen) atoms. The molecule has 0 amide bonds. The maximum Gasteiger partial charge on any atom is 0.283 e. The molecule has 1 aromatic heterocycles. The van der Waals surface area contributed by atoms with Crippen LogP contribution < -0.4 is 21.5 Å². The number of halogens is 1. The van der Waals surface area contributed by atoms with Crippen LogP contribution in [0.3, 0.4) is 0 Å². The highest BCUT2D eigenvalue weighted by Gasteiger charge is 2.05. The largest absolute Gasteiger partial charge is 1.00 e. The van der Waals surface area contributed by atoms with Gasteiger partial charge in [-0.25, -0.2) is 0 Å². The fraction of sp³-hybridized carbons (Fsp3) is 0.400. The molecular weight excluding hydrogens is 228 g/mol. The molecule has 0 fully saturated rings. The quantitative estimate of drug-likeness (QED) is 0.601. The van der Waals surface area contributed by atoms with Gasteiger partial charge in [0.25, 0.3) is 5.69 Å². The summed E-state index contributed by atoms with van der Waals surface area (Å²) in [5.74, 6) is 0. The van der Waals surface area contributed by atoms with Crippen LogP contribution in [0.5, 0.6) is 0 Å². The van der Waals surface area contributed by atoms with E-state index in [1.54, 1.807) is 0 Å². The smallest absolute Gasteiger partial charge is 0.283 e. The zero-order valence-corrected chi connectivity index (χ0v) is 9.29. The van der Waals surface area contributed by atoms with E-state index in [9.17, 15) is 0 Å². The van der Waals surface area contributed by atoms with E-state index in [2.05, 4.69) is 13.0 Å². The summed E-state index contributed by atoms with van der Waals surface area (Å²) in [7, 11) is 0. The van der Waals surface area contributed by atoms with E-state index < -0.39 is 0 Å². The monoisotopic (exact) mass is 240 g/mol. The van der Waals surface area contributed by atoms with Crippen LogP contribution in [0.1, 0.15) is 25.5 Å². The lowest BCUT2D eigenvalue weighted by molar-refractivity contribution is -0.699. The van der Waals surface area contributed by atoms with Gasteiger partial charge >= 0.3 is 0 Å².